The molecule has 14 heteroatoms. The Labute approximate surface area is 184 Å². The normalized spacial score (nSPS) is 52.7. The number of hydrogen-bond acceptors (Lipinski definition) is 14. The summed E-state index contributed by atoms with van der Waals surface area (Å²) < 4.78 is 22.2. The molecule has 0 amide bonds. The molecule has 0 spiro atoms. The summed E-state index contributed by atoms with van der Waals surface area (Å²) in [7, 11) is 0. The van der Waals surface area contributed by atoms with E-state index in [1.54, 1.807) is 0 Å². The zero-order chi connectivity index (χ0) is 23.7. The maximum absolute atomic E-state index is 10.9. The van der Waals surface area contributed by atoms with Crippen molar-refractivity contribution in [3.63, 3.8) is 0 Å². The average Bonchev–Trinajstić information content (AvgIpc) is 2.75. The van der Waals surface area contributed by atoms with E-state index in [4.69, 9.17) is 36.1 Å². The minimum atomic E-state index is -1.64. The Balaban J connectivity index is 1.70. The third-order valence-electron chi connectivity index (χ3n) is 6.26. The summed E-state index contributed by atoms with van der Waals surface area (Å²) >= 11 is 0. The molecule has 0 aromatic rings. The number of hydrogen-bond donors (Lipinski definition) is 10. The lowest BCUT2D eigenvalue weighted by Gasteiger charge is -2.47. The topological polar surface area (TPSA) is 257 Å². The molecular weight excluding hydrogens is 434 g/mol. The summed E-state index contributed by atoms with van der Waals surface area (Å²) in [4.78, 5) is 0. The molecule has 1 saturated carbocycles. The van der Waals surface area contributed by atoms with Crippen LogP contribution in [-0.2, 0) is 18.9 Å². The van der Waals surface area contributed by atoms with Gasteiger partial charge in [0, 0.05) is 25.0 Å². The van der Waals surface area contributed by atoms with Crippen LogP contribution in [-0.4, -0.2) is 135 Å². The average molecular weight is 469 g/mol. The maximum atomic E-state index is 10.9. The first-order valence-corrected chi connectivity index (χ1v) is 10.6. The van der Waals surface area contributed by atoms with E-state index in [-0.39, 0.29) is 19.4 Å². The van der Waals surface area contributed by atoms with Gasteiger partial charge in [-0.1, -0.05) is 0 Å². The van der Waals surface area contributed by atoms with Crippen molar-refractivity contribution in [3.05, 3.63) is 0 Å². The molecule has 2 aliphatic heterocycles. The number of nitrogens with two attached hydrogens (primary N) is 3. The Morgan fingerprint density at radius 3 is 1.81 bits per heavy atom. The van der Waals surface area contributed by atoms with E-state index < -0.39 is 92.3 Å². The van der Waals surface area contributed by atoms with Crippen LogP contribution < -0.4 is 17.2 Å². The molecule has 32 heavy (non-hydrogen) atoms. The van der Waals surface area contributed by atoms with E-state index in [9.17, 15) is 35.7 Å². The fourth-order valence-corrected chi connectivity index (χ4v) is 4.32. The number of rotatable bonds is 6. The largest absolute Gasteiger partial charge is 0.394 e. The fourth-order valence-electron chi connectivity index (χ4n) is 4.32. The number of aliphatic hydroxyl groups is 7. The lowest BCUT2D eigenvalue weighted by atomic mass is 9.84. The molecule has 3 fully saturated rings. The van der Waals surface area contributed by atoms with Gasteiger partial charge in [-0.15, -0.1) is 0 Å². The van der Waals surface area contributed by atoms with E-state index in [2.05, 4.69) is 0 Å². The number of ether oxygens (including phenoxy) is 4. The fraction of sp³-hybridized carbons (Fsp3) is 1.00. The molecule has 2 saturated heterocycles. The van der Waals surface area contributed by atoms with Crippen LogP contribution in [0.15, 0.2) is 0 Å². The Bertz CT molecular complexity index is 605. The summed E-state index contributed by atoms with van der Waals surface area (Å²) in [6.45, 7) is -0.660. The Morgan fingerprint density at radius 1 is 0.688 bits per heavy atom. The van der Waals surface area contributed by atoms with Crippen LogP contribution in [0.2, 0.25) is 0 Å². The van der Waals surface area contributed by atoms with E-state index in [0.717, 1.165) is 0 Å². The van der Waals surface area contributed by atoms with Crippen LogP contribution in [0, 0.1) is 0 Å². The highest BCUT2D eigenvalue weighted by molar-refractivity contribution is 5.00. The monoisotopic (exact) mass is 469 g/mol. The molecule has 0 bridgehead atoms. The minimum absolute atomic E-state index is 0.115. The molecule has 13 N–H and O–H groups in total. The van der Waals surface area contributed by atoms with Crippen molar-refractivity contribution >= 4 is 0 Å². The SMILES string of the molecule is NCC1OC(OC2C(N)CC(N)C(OC3OC(CO)C(O)CC3O)C2O)C(O)C(O)C1O. The van der Waals surface area contributed by atoms with Crippen LogP contribution in [0.25, 0.3) is 0 Å². The van der Waals surface area contributed by atoms with Gasteiger partial charge in [0.25, 0.3) is 0 Å². The highest BCUT2D eigenvalue weighted by Crippen LogP contribution is 2.31. The van der Waals surface area contributed by atoms with Gasteiger partial charge < -0.3 is 71.9 Å². The molecule has 0 aromatic carbocycles. The molecule has 188 valence electrons. The molecule has 14 nitrogen and oxygen atoms in total. The summed E-state index contributed by atoms with van der Waals surface area (Å²) in [5.41, 5.74) is 17.7. The molecule has 3 aliphatic rings. The molecule has 14 atom stereocenters. The second-order valence-electron chi connectivity index (χ2n) is 8.60. The van der Waals surface area contributed by atoms with Gasteiger partial charge in [-0.05, 0) is 6.42 Å². The summed E-state index contributed by atoms with van der Waals surface area (Å²) in [6.07, 6.45) is -15.5. The first-order valence-electron chi connectivity index (χ1n) is 10.6. The first kappa shape index (κ1) is 26.1. The van der Waals surface area contributed by atoms with Gasteiger partial charge >= 0.3 is 0 Å². The lowest BCUT2D eigenvalue weighted by Crippen LogP contribution is -2.67. The predicted octanol–water partition coefficient (Wildman–Crippen LogP) is -6.23. The highest BCUT2D eigenvalue weighted by atomic mass is 16.7. The highest BCUT2D eigenvalue weighted by Gasteiger charge is 2.50. The number of aliphatic hydroxyl groups excluding tert-OH is 7. The van der Waals surface area contributed by atoms with Gasteiger partial charge in [0.2, 0.25) is 0 Å². The minimum Gasteiger partial charge on any atom is -0.394 e. The van der Waals surface area contributed by atoms with Crippen LogP contribution in [0.4, 0.5) is 0 Å². The second kappa shape index (κ2) is 10.8. The molecule has 2 heterocycles. The quantitative estimate of drug-likeness (QED) is 0.174. The van der Waals surface area contributed by atoms with Crippen molar-refractivity contribution in [2.24, 2.45) is 17.2 Å². The van der Waals surface area contributed by atoms with Gasteiger partial charge in [0.15, 0.2) is 12.6 Å². The predicted molar refractivity (Wildman–Crippen MR) is 104 cm³/mol. The molecule has 3 rings (SSSR count). The van der Waals surface area contributed by atoms with Gasteiger partial charge in [-0.25, -0.2) is 0 Å². The van der Waals surface area contributed by atoms with Crippen LogP contribution in [0.3, 0.4) is 0 Å². The molecule has 1 aliphatic carbocycles. The van der Waals surface area contributed by atoms with E-state index >= 15 is 0 Å². The first-order chi connectivity index (χ1) is 15.1. The smallest absolute Gasteiger partial charge is 0.187 e. The van der Waals surface area contributed by atoms with Crippen LogP contribution in [0.1, 0.15) is 12.8 Å². The van der Waals surface area contributed by atoms with Gasteiger partial charge in [-0.3, -0.25) is 0 Å². The van der Waals surface area contributed by atoms with E-state index in [0.29, 0.717) is 0 Å². The zero-order valence-corrected chi connectivity index (χ0v) is 17.4. The van der Waals surface area contributed by atoms with Crippen molar-refractivity contribution in [1.82, 2.24) is 0 Å². The Hall–Kier alpha value is -0.560. The third kappa shape index (κ3) is 5.24. The van der Waals surface area contributed by atoms with Crippen molar-refractivity contribution in [1.29, 1.82) is 0 Å². The maximum Gasteiger partial charge on any atom is 0.187 e. The van der Waals surface area contributed by atoms with Crippen molar-refractivity contribution in [3.8, 4) is 0 Å². The third-order valence-corrected chi connectivity index (χ3v) is 6.26. The van der Waals surface area contributed by atoms with Crippen molar-refractivity contribution in [2.45, 2.75) is 98.5 Å². The van der Waals surface area contributed by atoms with Crippen molar-refractivity contribution in [2.75, 3.05) is 13.2 Å². The zero-order valence-electron chi connectivity index (χ0n) is 17.4. The van der Waals surface area contributed by atoms with Gasteiger partial charge in [0.05, 0.1) is 12.7 Å². The Morgan fingerprint density at radius 2 is 1.25 bits per heavy atom. The standard InChI is InChI=1S/C18H35N3O11/c19-3-9-11(25)12(26)13(27)18(29-9)32-16-6(21)1-5(20)15(14(16)28)31-17-8(24)2-7(23)10(4-22)30-17/h5-18,22-28H,1-4,19-21H2. The molecule has 0 aromatic heterocycles. The van der Waals surface area contributed by atoms with Gasteiger partial charge in [-0.2, -0.15) is 0 Å². The van der Waals surface area contributed by atoms with Crippen molar-refractivity contribution < 1.29 is 54.7 Å². The summed E-state index contributed by atoms with van der Waals surface area (Å²) in [6, 6.07) is -1.59. The van der Waals surface area contributed by atoms with E-state index in [1.165, 1.54) is 0 Å². The second-order valence-corrected chi connectivity index (χ2v) is 8.60. The molecular formula is C18H35N3O11. The summed E-state index contributed by atoms with van der Waals surface area (Å²) in [5.74, 6) is 0. The Kier molecular flexibility index (Phi) is 8.79. The summed E-state index contributed by atoms with van der Waals surface area (Å²) in [5, 5.41) is 70.5. The van der Waals surface area contributed by atoms with Crippen LogP contribution in [0.5, 0.6) is 0 Å². The lowest BCUT2D eigenvalue weighted by molar-refractivity contribution is -0.330. The van der Waals surface area contributed by atoms with E-state index in [1.807, 2.05) is 0 Å². The van der Waals surface area contributed by atoms with Crippen LogP contribution >= 0.6 is 0 Å². The molecule has 14 unspecified atom stereocenters. The van der Waals surface area contributed by atoms with Gasteiger partial charge in [0.1, 0.15) is 54.9 Å². The molecule has 0 radical (unpaired) electrons.